The third-order valence-corrected chi connectivity index (χ3v) is 6.98. The third-order valence-electron chi connectivity index (χ3n) is 4.75. The first kappa shape index (κ1) is 26.6. The minimum absolute atomic E-state index is 0. The van der Waals surface area contributed by atoms with E-state index in [1.165, 1.54) is 36.4 Å². The van der Waals surface area contributed by atoms with Gasteiger partial charge in [-0.3, -0.25) is 9.27 Å². The Balaban J connectivity index is 0.00000342. The molecule has 0 aliphatic carbocycles. The fraction of sp³-hybridized carbons (Fsp3) is 0. The molecule has 35 heavy (non-hydrogen) atoms. The van der Waals surface area contributed by atoms with E-state index in [2.05, 4.69) is 15.0 Å². The van der Waals surface area contributed by atoms with Crippen molar-refractivity contribution < 1.29 is 56.1 Å². The molecule has 4 aromatic rings. The van der Waals surface area contributed by atoms with Gasteiger partial charge in [-0.2, -0.15) is 13.5 Å². The Kier molecular flexibility index (Phi) is 7.84. The van der Waals surface area contributed by atoms with E-state index in [0.29, 0.717) is 11.4 Å². The smallest absolute Gasteiger partial charge is 0.872 e. The number of anilines is 2. The Hall–Kier alpha value is -3.00. The number of nitrogens with zero attached hydrogens (tertiary/aromatic N) is 2. The van der Waals surface area contributed by atoms with Gasteiger partial charge in [0.15, 0.2) is 0 Å². The van der Waals surface area contributed by atoms with Crippen LogP contribution in [-0.2, 0) is 20.1 Å². The van der Waals surface area contributed by atoms with Crippen LogP contribution in [0.15, 0.2) is 98.9 Å². The topological polar surface area (TPSA) is 174 Å². The average molecular weight is 521 g/mol. The van der Waals surface area contributed by atoms with Crippen LogP contribution in [0.3, 0.4) is 0 Å². The van der Waals surface area contributed by atoms with Crippen LogP contribution in [0.25, 0.3) is 10.8 Å². The van der Waals surface area contributed by atoms with Crippen molar-refractivity contribution in [1.82, 2.24) is 0 Å². The number of azo groups is 1. The Morgan fingerprint density at radius 1 is 0.800 bits per heavy atom. The number of nitrogen functional groups attached to an aromatic ring is 1. The second-order valence-electron chi connectivity index (χ2n) is 7.20. The fourth-order valence-corrected chi connectivity index (χ4v) is 4.74. The van der Waals surface area contributed by atoms with Crippen molar-refractivity contribution >= 4 is 53.7 Å². The first-order valence-electron chi connectivity index (χ1n) is 9.64. The maximum Gasteiger partial charge on any atom is 1.00 e. The van der Waals surface area contributed by atoms with Gasteiger partial charge in [0.05, 0.1) is 21.2 Å². The van der Waals surface area contributed by atoms with Crippen molar-refractivity contribution in [1.29, 1.82) is 0 Å². The van der Waals surface area contributed by atoms with Gasteiger partial charge in [0.25, 0.3) is 20.1 Å². The molecule has 0 radical (unpaired) electrons. The number of rotatable bonds is 6. The second kappa shape index (κ2) is 10.3. The molecule has 0 heterocycles. The summed E-state index contributed by atoms with van der Waals surface area (Å²) < 4.78 is 59.9. The van der Waals surface area contributed by atoms with Gasteiger partial charge in [0.2, 0.25) is 0 Å². The fourth-order valence-electron chi connectivity index (χ4n) is 3.16. The Bertz CT molecular complexity index is 1630. The minimum atomic E-state index is -4.62. The predicted molar refractivity (Wildman–Crippen MR) is 125 cm³/mol. The molecule has 0 fully saturated rings. The zero-order valence-corrected chi connectivity index (χ0v) is 21.9. The van der Waals surface area contributed by atoms with Crippen LogP contribution in [0.5, 0.6) is 5.75 Å². The summed E-state index contributed by atoms with van der Waals surface area (Å²) in [6, 6.07) is 18.6. The zero-order chi connectivity index (χ0) is 24.5. The Morgan fingerprint density at radius 3 is 2.09 bits per heavy atom. The molecule has 0 aliphatic heterocycles. The zero-order valence-electron chi connectivity index (χ0n) is 18.3. The summed E-state index contributed by atoms with van der Waals surface area (Å²) in [5.74, 6) is -0.658. The summed E-state index contributed by atoms with van der Waals surface area (Å²) in [6.45, 7) is 0. The van der Waals surface area contributed by atoms with Gasteiger partial charge in [-0.15, -0.1) is 5.11 Å². The van der Waals surface area contributed by atoms with E-state index in [9.17, 15) is 26.5 Å². The Labute approximate surface area is 223 Å². The van der Waals surface area contributed by atoms with Gasteiger partial charge in [0.1, 0.15) is 0 Å². The van der Waals surface area contributed by atoms with Crippen LogP contribution in [0.1, 0.15) is 0 Å². The molecule has 0 saturated heterocycles. The van der Waals surface area contributed by atoms with E-state index in [4.69, 9.17) is 5.73 Å². The van der Waals surface area contributed by atoms with E-state index in [1.54, 1.807) is 30.3 Å². The van der Waals surface area contributed by atoms with Crippen molar-refractivity contribution in [2.75, 3.05) is 10.5 Å². The van der Waals surface area contributed by atoms with Crippen molar-refractivity contribution in [3.63, 3.8) is 0 Å². The summed E-state index contributed by atoms with van der Waals surface area (Å²) in [4.78, 5) is -0.565. The van der Waals surface area contributed by atoms with Gasteiger partial charge in [0, 0.05) is 16.8 Å². The Morgan fingerprint density at radius 2 is 1.46 bits per heavy atom. The second-order valence-corrected chi connectivity index (χ2v) is 10.3. The van der Waals surface area contributed by atoms with Gasteiger partial charge in [-0.05, 0) is 66.0 Å². The number of sulfonamides is 1. The molecule has 0 aliphatic rings. The van der Waals surface area contributed by atoms with Crippen LogP contribution in [-0.4, -0.2) is 21.4 Å². The maximum absolute atomic E-state index is 12.5. The standard InChI is InChI=1S/C22H18N4O6S2.Na/c23-14-10-20-19(12-18(13-22(20)27)34(30,31)32)21(11-14)25-24-15-6-8-17(9-7-15)33(28,29)26-16-4-2-1-3-5-16;/h1-13,26-27H,23H2,(H,30,31,32);/q;+1/p-1. The first-order chi connectivity index (χ1) is 16.0. The van der Waals surface area contributed by atoms with Crippen molar-refractivity contribution in [3.8, 4) is 5.75 Å². The van der Waals surface area contributed by atoms with Gasteiger partial charge < -0.3 is 10.8 Å². The van der Waals surface area contributed by atoms with Crippen LogP contribution < -0.4 is 45.1 Å². The summed E-state index contributed by atoms with van der Waals surface area (Å²) in [7, 11) is -8.43. The molecular formula is C22H17N4NaO6S2. The van der Waals surface area contributed by atoms with Gasteiger partial charge in [-0.1, -0.05) is 23.9 Å². The number of nitrogens with two attached hydrogens (primary N) is 1. The van der Waals surface area contributed by atoms with Crippen LogP contribution >= 0.6 is 0 Å². The van der Waals surface area contributed by atoms with E-state index >= 15 is 0 Å². The van der Waals surface area contributed by atoms with E-state index in [0.717, 1.165) is 12.1 Å². The van der Waals surface area contributed by atoms with Crippen LogP contribution in [0.2, 0.25) is 0 Å². The molecule has 4 rings (SSSR count). The molecule has 13 heteroatoms. The molecule has 174 valence electrons. The van der Waals surface area contributed by atoms with E-state index in [1.807, 2.05) is 0 Å². The summed E-state index contributed by atoms with van der Waals surface area (Å²) in [5, 5.41) is 20.6. The number of benzene rings is 4. The molecule has 0 saturated carbocycles. The predicted octanol–water partition coefficient (Wildman–Crippen LogP) is 0.962. The monoisotopic (exact) mass is 520 g/mol. The normalized spacial score (nSPS) is 11.9. The van der Waals surface area contributed by atoms with Crippen LogP contribution in [0, 0.1) is 0 Å². The van der Waals surface area contributed by atoms with Gasteiger partial charge >= 0.3 is 29.6 Å². The molecule has 0 bridgehead atoms. The molecule has 4 aromatic carbocycles. The number of para-hydroxylation sites is 1. The van der Waals surface area contributed by atoms with Crippen LogP contribution in [0.4, 0.5) is 22.7 Å². The molecule has 0 spiro atoms. The largest absolute Gasteiger partial charge is 1.00 e. The molecule has 0 aromatic heterocycles. The van der Waals surface area contributed by atoms with Crippen molar-refractivity contribution in [2.24, 2.45) is 10.2 Å². The molecule has 0 unspecified atom stereocenters. The number of hydrogen-bond donors (Lipinski definition) is 3. The summed E-state index contributed by atoms with van der Waals surface area (Å²) >= 11 is 0. The quantitative estimate of drug-likeness (QED) is 0.147. The van der Waals surface area contributed by atoms with E-state index < -0.39 is 30.8 Å². The number of fused-ring (bicyclic) bond motifs is 1. The molecule has 4 N–H and O–H groups in total. The molecule has 10 nitrogen and oxygen atoms in total. The van der Waals surface area contributed by atoms with E-state index in [-0.39, 0.29) is 56.6 Å². The molecule has 0 atom stereocenters. The number of nitrogens with one attached hydrogen (secondary N) is 1. The van der Waals surface area contributed by atoms with Gasteiger partial charge in [-0.25, -0.2) is 8.42 Å². The minimum Gasteiger partial charge on any atom is -0.872 e. The van der Waals surface area contributed by atoms with Crippen molar-refractivity contribution in [2.45, 2.75) is 9.79 Å². The number of hydrogen-bond acceptors (Lipinski definition) is 8. The first-order valence-corrected chi connectivity index (χ1v) is 12.6. The third kappa shape index (κ3) is 6.17. The summed E-state index contributed by atoms with van der Waals surface area (Å²) in [6.07, 6.45) is 0. The van der Waals surface area contributed by atoms with Crippen molar-refractivity contribution in [3.05, 3.63) is 78.9 Å². The SMILES string of the molecule is Nc1cc(N=Nc2ccc(S(=O)(=O)Nc3ccccc3)cc2)c2cc(S(=O)(=O)O)cc([O-])c2c1.[Na+]. The molecule has 0 amide bonds. The maximum atomic E-state index is 12.5. The molecular weight excluding hydrogens is 503 g/mol. The summed E-state index contributed by atoms with van der Waals surface area (Å²) in [5.41, 5.74) is 6.85. The average Bonchev–Trinajstić information content (AvgIpc) is 2.78.